The van der Waals surface area contributed by atoms with Crippen LogP contribution in [0, 0.1) is 22.7 Å². The molecule has 5 heteroatoms. The SMILES string of the molecule is N#Cc1ccc(OCCCCOc2cccc(-c3cc4ccc(C#N)cc4o3)c2)cc1. The Morgan fingerprint density at radius 2 is 1.42 bits per heavy atom. The van der Waals surface area contributed by atoms with Crippen molar-refractivity contribution in [2.75, 3.05) is 13.2 Å². The van der Waals surface area contributed by atoms with Crippen LogP contribution in [0.2, 0.25) is 0 Å². The molecule has 4 aromatic rings. The summed E-state index contributed by atoms with van der Waals surface area (Å²) in [5.41, 5.74) is 2.82. The molecule has 0 unspecified atom stereocenters. The average molecular weight is 408 g/mol. The van der Waals surface area contributed by atoms with Gasteiger partial charge in [-0.15, -0.1) is 0 Å². The number of fused-ring (bicyclic) bond motifs is 1. The molecule has 0 saturated heterocycles. The fourth-order valence-corrected chi connectivity index (χ4v) is 3.19. The summed E-state index contributed by atoms with van der Waals surface area (Å²) in [7, 11) is 0. The molecule has 0 aliphatic rings. The van der Waals surface area contributed by atoms with Gasteiger partial charge in [-0.25, -0.2) is 0 Å². The van der Waals surface area contributed by atoms with E-state index in [1.54, 1.807) is 36.4 Å². The Balaban J connectivity index is 1.28. The van der Waals surface area contributed by atoms with E-state index in [2.05, 4.69) is 12.1 Å². The Morgan fingerprint density at radius 3 is 2.16 bits per heavy atom. The number of unbranched alkanes of at least 4 members (excludes halogenated alkanes) is 1. The molecule has 0 aliphatic carbocycles. The number of rotatable bonds is 8. The first-order chi connectivity index (χ1) is 15.2. The summed E-state index contributed by atoms with van der Waals surface area (Å²) in [5, 5.41) is 18.8. The molecule has 0 fully saturated rings. The Kier molecular flexibility index (Phi) is 6.16. The summed E-state index contributed by atoms with van der Waals surface area (Å²) in [6, 6.07) is 26.5. The Morgan fingerprint density at radius 1 is 0.710 bits per heavy atom. The molecule has 1 aromatic heterocycles. The third kappa shape index (κ3) is 5.04. The maximum absolute atomic E-state index is 9.04. The number of nitriles is 2. The largest absolute Gasteiger partial charge is 0.494 e. The van der Waals surface area contributed by atoms with Gasteiger partial charge < -0.3 is 13.9 Å². The fraction of sp³-hybridized carbons (Fsp3) is 0.154. The molecule has 3 aromatic carbocycles. The van der Waals surface area contributed by atoms with Gasteiger partial charge in [0.25, 0.3) is 0 Å². The van der Waals surface area contributed by atoms with Crippen LogP contribution < -0.4 is 9.47 Å². The molecule has 0 atom stereocenters. The van der Waals surface area contributed by atoms with Crippen molar-refractivity contribution in [3.8, 4) is 35.0 Å². The van der Waals surface area contributed by atoms with Crippen molar-refractivity contribution in [1.29, 1.82) is 10.5 Å². The molecule has 1 heterocycles. The van der Waals surface area contributed by atoms with E-state index in [1.807, 2.05) is 36.4 Å². The Labute approximate surface area is 180 Å². The van der Waals surface area contributed by atoms with Crippen molar-refractivity contribution in [1.82, 2.24) is 0 Å². The molecule has 0 aliphatic heterocycles. The van der Waals surface area contributed by atoms with Crippen molar-refractivity contribution in [2.45, 2.75) is 12.8 Å². The number of ether oxygens (including phenoxy) is 2. The summed E-state index contributed by atoms with van der Waals surface area (Å²) in [4.78, 5) is 0. The Hall–Kier alpha value is -4.22. The molecule has 0 N–H and O–H groups in total. The zero-order valence-corrected chi connectivity index (χ0v) is 16.9. The van der Waals surface area contributed by atoms with Crippen molar-refractivity contribution >= 4 is 11.0 Å². The molecule has 0 amide bonds. The minimum atomic E-state index is 0.577. The van der Waals surface area contributed by atoms with Crippen molar-refractivity contribution in [2.24, 2.45) is 0 Å². The standard InChI is InChI=1S/C26H20N2O3/c27-17-19-7-10-23(11-8-19)29-12-1-2-13-30-24-5-3-4-21(15-24)26-16-22-9-6-20(18-28)14-25(22)31-26/h3-11,14-16H,1-2,12-13H2. The minimum Gasteiger partial charge on any atom is -0.494 e. The first-order valence-electron chi connectivity index (χ1n) is 10.0. The molecule has 0 bridgehead atoms. The molecule has 31 heavy (non-hydrogen) atoms. The van der Waals surface area contributed by atoms with Gasteiger partial charge in [0, 0.05) is 10.9 Å². The lowest BCUT2D eigenvalue weighted by molar-refractivity contribution is 0.266. The van der Waals surface area contributed by atoms with Gasteiger partial charge >= 0.3 is 0 Å². The predicted molar refractivity (Wildman–Crippen MR) is 118 cm³/mol. The minimum absolute atomic E-state index is 0.577. The molecule has 0 spiro atoms. The smallest absolute Gasteiger partial charge is 0.136 e. The maximum Gasteiger partial charge on any atom is 0.136 e. The van der Waals surface area contributed by atoms with E-state index < -0.39 is 0 Å². The lowest BCUT2D eigenvalue weighted by Gasteiger charge is -2.08. The molecule has 152 valence electrons. The second-order valence-corrected chi connectivity index (χ2v) is 7.04. The summed E-state index contributed by atoms with van der Waals surface area (Å²) in [6.45, 7) is 1.19. The van der Waals surface area contributed by atoms with Gasteiger partial charge in [-0.1, -0.05) is 12.1 Å². The van der Waals surface area contributed by atoms with E-state index in [9.17, 15) is 0 Å². The molecule has 5 nitrogen and oxygen atoms in total. The third-order valence-electron chi connectivity index (χ3n) is 4.83. The van der Waals surface area contributed by atoms with Gasteiger partial charge in [-0.3, -0.25) is 0 Å². The fourth-order valence-electron chi connectivity index (χ4n) is 3.19. The number of hydrogen-bond acceptors (Lipinski definition) is 5. The van der Waals surface area contributed by atoms with Crippen LogP contribution in [0.25, 0.3) is 22.3 Å². The van der Waals surface area contributed by atoms with E-state index in [1.165, 1.54) is 0 Å². The van der Waals surface area contributed by atoms with Gasteiger partial charge in [0.05, 0.1) is 36.5 Å². The molecule has 0 radical (unpaired) electrons. The van der Waals surface area contributed by atoms with Crippen LogP contribution >= 0.6 is 0 Å². The number of hydrogen-bond donors (Lipinski definition) is 0. The molecular formula is C26H20N2O3. The first kappa shape index (κ1) is 20.1. The van der Waals surface area contributed by atoms with E-state index in [-0.39, 0.29) is 0 Å². The second-order valence-electron chi connectivity index (χ2n) is 7.04. The van der Waals surface area contributed by atoms with E-state index >= 15 is 0 Å². The van der Waals surface area contributed by atoms with Crippen LogP contribution in [0.15, 0.2) is 77.2 Å². The number of furan rings is 1. The van der Waals surface area contributed by atoms with Crippen LogP contribution in [0.5, 0.6) is 11.5 Å². The van der Waals surface area contributed by atoms with Crippen LogP contribution in [0.1, 0.15) is 24.0 Å². The zero-order valence-electron chi connectivity index (χ0n) is 16.9. The second kappa shape index (κ2) is 9.52. The third-order valence-corrected chi connectivity index (χ3v) is 4.83. The highest BCUT2D eigenvalue weighted by Gasteiger charge is 2.08. The summed E-state index contributed by atoms with van der Waals surface area (Å²) >= 11 is 0. The lowest BCUT2D eigenvalue weighted by atomic mass is 10.1. The topological polar surface area (TPSA) is 79.2 Å². The van der Waals surface area contributed by atoms with E-state index in [4.69, 9.17) is 24.4 Å². The van der Waals surface area contributed by atoms with Crippen LogP contribution in [0.4, 0.5) is 0 Å². The lowest BCUT2D eigenvalue weighted by Crippen LogP contribution is -2.02. The van der Waals surface area contributed by atoms with Crippen LogP contribution in [-0.4, -0.2) is 13.2 Å². The summed E-state index contributed by atoms with van der Waals surface area (Å²) in [5.74, 6) is 2.29. The zero-order chi connectivity index (χ0) is 21.5. The summed E-state index contributed by atoms with van der Waals surface area (Å²) < 4.78 is 17.5. The summed E-state index contributed by atoms with van der Waals surface area (Å²) in [6.07, 6.45) is 1.73. The van der Waals surface area contributed by atoms with Crippen molar-refractivity contribution in [3.63, 3.8) is 0 Å². The number of benzene rings is 3. The van der Waals surface area contributed by atoms with Gasteiger partial charge in [-0.05, 0) is 73.5 Å². The highest BCUT2D eigenvalue weighted by Crippen LogP contribution is 2.30. The predicted octanol–water partition coefficient (Wildman–Crippen LogP) is 6.08. The van der Waals surface area contributed by atoms with E-state index in [0.717, 1.165) is 41.1 Å². The molecule has 4 rings (SSSR count). The maximum atomic E-state index is 9.04. The van der Waals surface area contributed by atoms with Gasteiger partial charge in [0.2, 0.25) is 0 Å². The van der Waals surface area contributed by atoms with E-state index in [0.29, 0.717) is 29.9 Å². The van der Waals surface area contributed by atoms with Crippen molar-refractivity contribution in [3.05, 3.63) is 83.9 Å². The number of nitrogens with zero attached hydrogens (tertiary/aromatic N) is 2. The quantitative estimate of drug-likeness (QED) is 0.330. The highest BCUT2D eigenvalue weighted by atomic mass is 16.5. The average Bonchev–Trinajstić information content (AvgIpc) is 3.25. The normalized spacial score (nSPS) is 10.4. The Bertz CT molecular complexity index is 1260. The monoisotopic (exact) mass is 408 g/mol. The van der Waals surface area contributed by atoms with Crippen molar-refractivity contribution < 1.29 is 13.9 Å². The van der Waals surface area contributed by atoms with Crippen LogP contribution in [0.3, 0.4) is 0 Å². The highest BCUT2D eigenvalue weighted by molar-refractivity contribution is 5.84. The van der Waals surface area contributed by atoms with Gasteiger partial charge in [0.1, 0.15) is 22.8 Å². The van der Waals surface area contributed by atoms with Gasteiger partial charge in [0.15, 0.2) is 0 Å². The van der Waals surface area contributed by atoms with Gasteiger partial charge in [-0.2, -0.15) is 10.5 Å². The first-order valence-corrected chi connectivity index (χ1v) is 10.0. The molecule has 0 saturated carbocycles. The van der Waals surface area contributed by atoms with Crippen LogP contribution in [-0.2, 0) is 0 Å². The molecular weight excluding hydrogens is 388 g/mol.